The number of rotatable bonds is 10. The average molecular weight is 286 g/mol. The van der Waals surface area contributed by atoms with E-state index in [1.54, 1.807) is 12.3 Å². The number of aliphatic imine (C=N–C) groups is 1. The van der Waals surface area contributed by atoms with Gasteiger partial charge in [-0.2, -0.15) is 0 Å². The van der Waals surface area contributed by atoms with Gasteiger partial charge in [0.15, 0.2) is 0 Å². The second-order valence-electron chi connectivity index (χ2n) is 4.69. The highest BCUT2D eigenvalue weighted by molar-refractivity contribution is 5.69. The van der Waals surface area contributed by atoms with Crippen LogP contribution in [0.2, 0.25) is 0 Å². The molecule has 1 aliphatic rings. The van der Waals surface area contributed by atoms with Gasteiger partial charge in [-0.1, -0.05) is 24.8 Å². The molecule has 0 bridgehead atoms. The van der Waals surface area contributed by atoms with Crippen LogP contribution in [-0.2, 0) is 0 Å². The molecule has 0 radical (unpaired) electrons. The Kier molecular flexibility index (Phi) is 8.45. The summed E-state index contributed by atoms with van der Waals surface area (Å²) in [7, 11) is 0. The molecule has 0 unspecified atom stereocenters. The van der Waals surface area contributed by atoms with Gasteiger partial charge in [-0.15, -0.1) is 13.2 Å². The molecule has 0 N–H and O–H groups in total. The summed E-state index contributed by atoms with van der Waals surface area (Å²) < 4.78 is 0. The summed E-state index contributed by atoms with van der Waals surface area (Å²) >= 11 is 0. The zero-order chi connectivity index (χ0) is 15.3. The largest absolute Gasteiger partial charge is 0.371 e. The molecule has 1 rings (SSSR count). The van der Waals surface area contributed by atoms with Crippen molar-refractivity contribution in [2.75, 3.05) is 39.3 Å². The van der Waals surface area contributed by atoms with Crippen LogP contribution in [0.1, 0.15) is 0 Å². The smallest absolute Gasteiger partial charge is 0.0564 e. The first kappa shape index (κ1) is 16.8. The second-order valence-corrected chi connectivity index (χ2v) is 4.69. The van der Waals surface area contributed by atoms with Crippen LogP contribution in [0.15, 0.2) is 67.8 Å². The monoisotopic (exact) mass is 286 g/mol. The van der Waals surface area contributed by atoms with Crippen molar-refractivity contribution in [3.63, 3.8) is 0 Å². The molecule has 21 heavy (non-hydrogen) atoms. The maximum absolute atomic E-state index is 4.24. The lowest BCUT2D eigenvalue weighted by Gasteiger charge is -2.29. The fourth-order valence-electron chi connectivity index (χ4n) is 1.92. The highest BCUT2D eigenvalue weighted by Gasteiger charge is 2.06. The molecular formula is C17H26N4. The summed E-state index contributed by atoms with van der Waals surface area (Å²) in [6, 6.07) is 0. The molecule has 0 aromatic rings. The third-order valence-corrected chi connectivity index (χ3v) is 3.04. The van der Waals surface area contributed by atoms with E-state index in [0.29, 0.717) is 0 Å². The zero-order valence-corrected chi connectivity index (χ0v) is 12.8. The van der Waals surface area contributed by atoms with Gasteiger partial charge in [0.1, 0.15) is 0 Å². The molecule has 0 fully saturated rings. The third kappa shape index (κ3) is 7.20. The SMILES string of the molecule is C=CC=NCCN(/C=C/N1C=CN(CC=C)CC1)CC=C. The van der Waals surface area contributed by atoms with E-state index in [4.69, 9.17) is 0 Å². The Labute approximate surface area is 128 Å². The quantitative estimate of drug-likeness (QED) is 0.455. The Hall–Kier alpha value is -2.23. The van der Waals surface area contributed by atoms with Gasteiger partial charge < -0.3 is 14.7 Å². The number of allylic oxidation sites excluding steroid dienone is 1. The number of nitrogens with zero attached hydrogens (tertiary/aromatic N) is 4. The maximum Gasteiger partial charge on any atom is 0.0564 e. The van der Waals surface area contributed by atoms with E-state index in [2.05, 4.69) is 64.2 Å². The highest BCUT2D eigenvalue weighted by atomic mass is 15.2. The van der Waals surface area contributed by atoms with Crippen molar-refractivity contribution < 1.29 is 0 Å². The van der Waals surface area contributed by atoms with Gasteiger partial charge in [0.25, 0.3) is 0 Å². The molecule has 0 saturated carbocycles. The highest BCUT2D eigenvalue weighted by Crippen LogP contribution is 2.04. The summed E-state index contributed by atoms with van der Waals surface area (Å²) in [5.41, 5.74) is 0. The van der Waals surface area contributed by atoms with E-state index < -0.39 is 0 Å². The van der Waals surface area contributed by atoms with E-state index in [0.717, 1.165) is 39.3 Å². The van der Waals surface area contributed by atoms with Crippen LogP contribution in [0.3, 0.4) is 0 Å². The van der Waals surface area contributed by atoms with Gasteiger partial charge in [0, 0.05) is 63.7 Å². The molecule has 114 valence electrons. The van der Waals surface area contributed by atoms with E-state index >= 15 is 0 Å². The number of hydrogen-bond acceptors (Lipinski definition) is 4. The minimum absolute atomic E-state index is 0.757. The molecule has 1 heterocycles. The van der Waals surface area contributed by atoms with E-state index in [1.807, 2.05) is 12.2 Å². The summed E-state index contributed by atoms with van der Waals surface area (Å²) in [6.07, 6.45) is 15.6. The first-order valence-electron chi connectivity index (χ1n) is 7.23. The Balaban J connectivity index is 2.44. The van der Waals surface area contributed by atoms with Crippen molar-refractivity contribution in [3.8, 4) is 0 Å². The molecule has 4 heteroatoms. The lowest BCUT2D eigenvalue weighted by atomic mass is 10.4. The van der Waals surface area contributed by atoms with Crippen molar-refractivity contribution in [2.45, 2.75) is 0 Å². The van der Waals surface area contributed by atoms with Crippen LogP contribution in [0.4, 0.5) is 0 Å². The van der Waals surface area contributed by atoms with Gasteiger partial charge >= 0.3 is 0 Å². The fourth-order valence-corrected chi connectivity index (χ4v) is 1.92. The lowest BCUT2D eigenvalue weighted by Crippen LogP contribution is -2.32. The second kappa shape index (κ2) is 10.5. The zero-order valence-electron chi connectivity index (χ0n) is 12.8. The molecule has 1 aliphatic heterocycles. The van der Waals surface area contributed by atoms with Crippen molar-refractivity contribution in [1.82, 2.24) is 14.7 Å². The molecule has 0 atom stereocenters. The van der Waals surface area contributed by atoms with Gasteiger partial charge in [0.2, 0.25) is 0 Å². The minimum Gasteiger partial charge on any atom is -0.371 e. The summed E-state index contributed by atoms with van der Waals surface area (Å²) in [5, 5.41) is 0. The van der Waals surface area contributed by atoms with Crippen molar-refractivity contribution in [1.29, 1.82) is 0 Å². The Bertz CT molecular complexity index is 409. The lowest BCUT2D eigenvalue weighted by molar-refractivity contribution is 0.319. The summed E-state index contributed by atoms with van der Waals surface area (Å²) in [5.74, 6) is 0. The van der Waals surface area contributed by atoms with Gasteiger partial charge in [-0.25, -0.2) is 0 Å². The van der Waals surface area contributed by atoms with Gasteiger partial charge in [-0.05, 0) is 0 Å². The predicted octanol–water partition coefficient (Wildman–Crippen LogP) is 2.48. The van der Waals surface area contributed by atoms with E-state index in [-0.39, 0.29) is 0 Å². The minimum atomic E-state index is 0.757. The summed E-state index contributed by atoms with van der Waals surface area (Å²) in [4.78, 5) is 10.9. The number of hydrogen-bond donors (Lipinski definition) is 0. The van der Waals surface area contributed by atoms with Crippen molar-refractivity contribution >= 4 is 6.21 Å². The summed E-state index contributed by atoms with van der Waals surface area (Å²) in [6.45, 7) is 16.5. The fraction of sp³-hybridized carbons (Fsp3) is 0.353. The normalized spacial score (nSPS) is 14.9. The standard InChI is InChI=1S/C17H26N4/c1-4-7-18-8-11-19(9-5-2)12-15-21-16-13-20(10-6-3)14-17-21/h4-7,12-13,15-16H,1-3,8-11,14,17H2/b15-12+,18-7?. The molecule has 0 amide bonds. The van der Waals surface area contributed by atoms with Crippen molar-refractivity contribution in [2.24, 2.45) is 4.99 Å². The van der Waals surface area contributed by atoms with Crippen LogP contribution < -0.4 is 0 Å². The van der Waals surface area contributed by atoms with E-state index in [1.165, 1.54) is 0 Å². The topological polar surface area (TPSA) is 22.1 Å². The Morgan fingerprint density at radius 2 is 2.00 bits per heavy atom. The first-order valence-corrected chi connectivity index (χ1v) is 7.23. The van der Waals surface area contributed by atoms with Gasteiger partial charge in [-0.3, -0.25) is 4.99 Å². The van der Waals surface area contributed by atoms with Crippen LogP contribution in [-0.4, -0.2) is 60.2 Å². The van der Waals surface area contributed by atoms with Gasteiger partial charge in [0.05, 0.1) is 6.54 Å². The predicted molar refractivity (Wildman–Crippen MR) is 92.1 cm³/mol. The van der Waals surface area contributed by atoms with Crippen LogP contribution >= 0.6 is 0 Å². The van der Waals surface area contributed by atoms with Crippen LogP contribution in [0.25, 0.3) is 0 Å². The molecule has 0 aliphatic carbocycles. The molecule has 0 aromatic carbocycles. The molecule has 0 saturated heterocycles. The molecule has 4 nitrogen and oxygen atoms in total. The first-order chi connectivity index (χ1) is 10.3. The maximum atomic E-state index is 4.24. The Morgan fingerprint density at radius 3 is 2.62 bits per heavy atom. The molecule has 0 spiro atoms. The third-order valence-electron chi connectivity index (χ3n) is 3.04. The van der Waals surface area contributed by atoms with E-state index in [9.17, 15) is 0 Å². The van der Waals surface area contributed by atoms with Crippen LogP contribution in [0.5, 0.6) is 0 Å². The Morgan fingerprint density at radius 1 is 1.14 bits per heavy atom. The average Bonchev–Trinajstić information content (AvgIpc) is 2.51. The molecular weight excluding hydrogens is 260 g/mol. The van der Waals surface area contributed by atoms with Crippen LogP contribution in [0, 0.1) is 0 Å². The van der Waals surface area contributed by atoms with Crippen molar-refractivity contribution in [3.05, 3.63) is 62.8 Å². The molecule has 0 aromatic heterocycles.